The van der Waals surface area contributed by atoms with Gasteiger partial charge in [0, 0.05) is 37.3 Å². The molecule has 0 radical (unpaired) electrons. The molecule has 0 atom stereocenters. The lowest BCUT2D eigenvalue weighted by atomic mass is 10.1. The number of benzene rings is 1. The Bertz CT molecular complexity index is 684. The second-order valence-electron chi connectivity index (χ2n) is 4.92. The number of aryl methyl sites for hydroxylation is 1. The van der Waals surface area contributed by atoms with Crippen molar-refractivity contribution in [2.45, 2.75) is 20.0 Å². The van der Waals surface area contributed by atoms with E-state index in [2.05, 4.69) is 25.9 Å². The third-order valence-corrected chi connectivity index (χ3v) is 4.12. The minimum absolute atomic E-state index is 0. The van der Waals surface area contributed by atoms with Crippen LogP contribution >= 0.6 is 35.3 Å². The lowest BCUT2D eigenvalue weighted by Gasteiger charge is -2.11. The van der Waals surface area contributed by atoms with Crippen LogP contribution in [0.4, 0.5) is 0 Å². The second-order valence-corrected chi connectivity index (χ2v) is 6.24. The summed E-state index contributed by atoms with van der Waals surface area (Å²) in [5.41, 5.74) is 1.73. The Kier molecular flexibility index (Phi) is 8.69. The van der Waals surface area contributed by atoms with Crippen molar-refractivity contribution in [3.63, 3.8) is 0 Å². The molecule has 1 aromatic carbocycles. The molecule has 3 N–H and O–H groups in total. The first kappa shape index (κ1) is 20.4. The maximum atomic E-state index is 11.5. The summed E-state index contributed by atoms with van der Waals surface area (Å²) in [7, 11) is 3.36. The van der Waals surface area contributed by atoms with Crippen LogP contribution in [0, 0.1) is 6.92 Å². The molecule has 0 unspecified atom stereocenters. The number of hydrogen-bond acceptors (Lipinski definition) is 4. The van der Waals surface area contributed by atoms with Gasteiger partial charge in [0.1, 0.15) is 5.01 Å². The Morgan fingerprint density at radius 2 is 1.88 bits per heavy atom. The number of thiazole rings is 1. The minimum Gasteiger partial charge on any atom is -0.355 e. The van der Waals surface area contributed by atoms with Crippen LogP contribution in [0.2, 0.25) is 0 Å². The molecule has 130 valence electrons. The monoisotopic (exact) mass is 459 g/mol. The van der Waals surface area contributed by atoms with E-state index in [0.717, 1.165) is 10.6 Å². The average molecular weight is 459 g/mol. The molecule has 6 nitrogen and oxygen atoms in total. The molecule has 1 amide bonds. The van der Waals surface area contributed by atoms with E-state index in [-0.39, 0.29) is 29.9 Å². The van der Waals surface area contributed by atoms with Crippen LogP contribution in [-0.4, -0.2) is 30.9 Å². The van der Waals surface area contributed by atoms with Gasteiger partial charge in [-0.3, -0.25) is 9.79 Å². The van der Waals surface area contributed by atoms with Gasteiger partial charge in [-0.25, -0.2) is 4.98 Å². The molecule has 0 saturated carbocycles. The van der Waals surface area contributed by atoms with Crippen LogP contribution < -0.4 is 16.0 Å². The molecule has 0 aliphatic carbocycles. The van der Waals surface area contributed by atoms with Crippen molar-refractivity contribution in [2.24, 2.45) is 4.99 Å². The van der Waals surface area contributed by atoms with E-state index < -0.39 is 0 Å². The highest BCUT2D eigenvalue weighted by Gasteiger charge is 2.04. The van der Waals surface area contributed by atoms with Crippen molar-refractivity contribution >= 4 is 47.2 Å². The number of amides is 1. The number of carbonyl (C=O) groups is 1. The predicted molar refractivity (Wildman–Crippen MR) is 109 cm³/mol. The molecular weight excluding hydrogens is 437 g/mol. The van der Waals surface area contributed by atoms with Gasteiger partial charge in [-0.2, -0.15) is 0 Å². The summed E-state index contributed by atoms with van der Waals surface area (Å²) in [6.07, 6.45) is 1.87. The van der Waals surface area contributed by atoms with Crippen molar-refractivity contribution in [1.29, 1.82) is 0 Å². The number of carbonyl (C=O) groups excluding carboxylic acids is 1. The second kappa shape index (κ2) is 10.2. The molecule has 0 spiro atoms. The highest BCUT2D eigenvalue weighted by Crippen LogP contribution is 2.10. The summed E-state index contributed by atoms with van der Waals surface area (Å²) in [5, 5.41) is 10.1. The fourth-order valence-electron chi connectivity index (χ4n) is 1.97. The van der Waals surface area contributed by atoms with E-state index in [4.69, 9.17) is 0 Å². The molecule has 2 rings (SSSR count). The van der Waals surface area contributed by atoms with Crippen molar-refractivity contribution in [2.75, 3.05) is 14.1 Å². The van der Waals surface area contributed by atoms with Crippen molar-refractivity contribution < 1.29 is 4.79 Å². The van der Waals surface area contributed by atoms with Gasteiger partial charge in [0.25, 0.3) is 5.91 Å². The Balaban J connectivity index is 0.00000288. The summed E-state index contributed by atoms with van der Waals surface area (Å²) in [6, 6.07) is 7.47. The maximum Gasteiger partial charge on any atom is 0.251 e. The summed E-state index contributed by atoms with van der Waals surface area (Å²) in [4.78, 5) is 21.2. The average Bonchev–Trinajstić information content (AvgIpc) is 3.00. The van der Waals surface area contributed by atoms with Gasteiger partial charge in [0.05, 0.1) is 6.54 Å². The summed E-state index contributed by atoms with van der Waals surface area (Å²) in [6.45, 7) is 3.31. The maximum absolute atomic E-state index is 11.5. The zero-order valence-electron chi connectivity index (χ0n) is 13.9. The quantitative estimate of drug-likeness (QED) is 0.364. The Morgan fingerprint density at radius 1 is 1.21 bits per heavy atom. The zero-order chi connectivity index (χ0) is 16.7. The standard InChI is InChI=1S/C16H21N5OS.HI/c1-11-8-19-14(23-11)10-21-16(18-3)20-9-12-4-6-13(7-5-12)15(22)17-2;/h4-8H,9-10H2,1-3H3,(H,17,22)(H2,18,20,21);1H. The molecular formula is C16H22IN5OS. The van der Waals surface area contributed by atoms with Gasteiger partial charge in [-0.1, -0.05) is 12.1 Å². The van der Waals surface area contributed by atoms with Crippen LogP contribution in [0.25, 0.3) is 0 Å². The van der Waals surface area contributed by atoms with Gasteiger partial charge in [0.2, 0.25) is 0 Å². The number of aliphatic imine (C=N–C) groups is 1. The van der Waals surface area contributed by atoms with Crippen LogP contribution in [-0.2, 0) is 13.1 Å². The van der Waals surface area contributed by atoms with Crippen LogP contribution in [0.3, 0.4) is 0 Å². The number of nitrogens with one attached hydrogen (secondary N) is 3. The number of halogens is 1. The van der Waals surface area contributed by atoms with Crippen molar-refractivity contribution in [3.05, 3.63) is 51.5 Å². The molecule has 2 aromatic rings. The fourth-order valence-corrected chi connectivity index (χ4v) is 2.69. The molecule has 0 bridgehead atoms. The number of hydrogen-bond donors (Lipinski definition) is 3. The zero-order valence-corrected chi connectivity index (χ0v) is 17.1. The highest BCUT2D eigenvalue weighted by atomic mass is 127. The number of rotatable bonds is 5. The summed E-state index contributed by atoms with van der Waals surface area (Å²) < 4.78 is 0. The molecule has 0 saturated heterocycles. The topological polar surface area (TPSA) is 78.4 Å². The van der Waals surface area contributed by atoms with E-state index in [1.165, 1.54) is 4.88 Å². The fraction of sp³-hybridized carbons (Fsp3) is 0.312. The van der Waals surface area contributed by atoms with E-state index >= 15 is 0 Å². The van der Waals surface area contributed by atoms with Gasteiger partial charge in [-0.15, -0.1) is 35.3 Å². The summed E-state index contributed by atoms with van der Waals surface area (Å²) >= 11 is 1.67. The normalized spacial score (nSPS) is 10.7. The van der Waals surface area contributed by atoms with Crippen molar-refractivity contribution in [1.82, 2.24) is 20.9 Å². The van der Waals surface area contributed by atoms with Gasteiger partial charge in [0.15, 0.2) is 5.96 Å². The van der Waals surface area contributed by atoms with Crippen LogP contribution in [0.15, 0.2) is 35.5 Å². The lowest BCUT2D eigenvalue weighted by molar-refractivity contribution is 0.0963. The SMILES string of the molecule is CN=C(NCc1ccc(C(=O)NC)cc1)NCc1ncc(C)s1.I. The number of nitrogens with zero attached hydrogens (tertiary/aromatic N) is 2. The Morgan fingerprint density at radius 3 is 2.42 bits per heavy atom. The Hall–Kier alpha value is -1.68. The first-order chi connectivity index (χ1) is 11.1. The predicted octanol–water partition coefficient (Wildman–Crippen LogP) is 2.29. The van der Waals surface area contributed by atoms with Crippen LogP contribution in [0.5, 0.6) is 0 Å². The first-order valence-electron chi connectivity index (χ1n) is 7.29. The largest absolute Gasteiger partial charge is 0.355 e. The highest BCUT2D eigenvalue weighted by molar-refractivity contribution is 14.0. The van der Waals surface area contributed by atoms with Gasteiger partial charge < -0.3 is 16.0 Å². The Labute approximate surface area is 163 Å². The molecule has 8 heteroatoms. The molecule has 24 heavy (non-hydrogen) atoms. The molecule has 1 aromatic heterocycles. The third-order valence-electron chi connectivity index (χ3n) is 3.20. The van der Waals surface area contributed by atoms with Crippen molar-refractivity contribution in [3.8, 4) is 0 Å². The summed E-state index contributed by atoms with van der Waals surface area (Å²) in [5.74, 6) is 0.633. The molecule has 0 fully saturated rings. The number of aromatic nitrogens is 1. The first-order valence-corrected chi connectivity index (χ1v) is 8.11. The van der Waals surface area contributed by atoms with E-state index in [9.17, 15) is 4.79 Å². The smallest absolute Gasteiger partial charge is 0.251 e. The molecule has 0 aliphatic heterocycles. The number of guanidine groups is 1. The van der Waals surface area contributed by atoms with E-state index in [1.54, 1.807) is 25.4 Å². The van der Waals surface area contributed by atoms with Gasteiger partial charge >= 0.3 is 0 Å². The van der Waals surface area contributed by atoms with Crippen LogP contribution in [0.1, 0.15) is 25.8 Å². The van der Waals surface area contributed by atoms with E-state index in [1.807, 2.05) is 37.4 Å². The third kappa shape index (κ3) is 6.08. The van der Waals surface area contributed by atoms with Gasteiger partial charge in [-0.05, 0) is 24.6 Å². The molecule has 0 aliphatic rings. The lowest BCUT2D eigenvalue weighted by Crippen LogP contribution is -2.36. The van der Waals surface area contributed by atoms with E-state index in [0.29, 0.717) is 24.6 Å². The minimum atomic E-state index is -0.0827. The molecule has 1 heterocycles.